The summed E-state index contributed by atoms with van der Waals surface area (Å²) in [6.45, 7) is 1.20. The van der Waals surface area contributed by atoms with Crippen LogP contribution in [-0.4, -0.2) is 46.5 Å². The molecule has 0 radical (unpaired) electrons. The predicted octanol–water partition coefficient (Wildman–Crippen LogP) is 2.76. The number of carboxylic acids is 1. The van der Waals surface area contributed by atoms with Gasteiger partial charge in [-0.25, -0.2) is 14.8 Å². The lowest BCUT2D eigenvalue weighted by molar-refractivity contribution is -0.274. The Hall–Kier alpha value is -3.04. The number of nitrogens with one attached hydrogen (secondary N) is 1. The van der Waals surface area contributed by atoms with Crippen LogP contribution in [0, 0.1) is 0 Å². The highest BCUT2D eigenvalue weighted by Gasteiger charge is 2.31. The van der Waals surface area contributed by atoms with Gasteiger partial charge in [0.15, 0.2) is 5.69 Å². The second kappa shape index (κ2) is 7.06. The molecule has 0 amide bonds. The number of benzene rings is 1. The number of nitrogens with zero attached hydrogens (tertiary/aromatic N) is 3. The number of hydrogen-bond acceptors (Lipinski definition) is 6. The van der Waals surface area contributed by atoms with Crippen molar-refractivity contribution in [3.8, 4) is 5.75 Å². The molecule has 1 fully saturated rings. The van der Waals surface area contributed by atoms with E-state index < -0.39 is 12.3 Å². The van der Waals surface area contributed by atoms with Gasteiger partial charge < -0.3 is 20.1 Å². The number of rotatable bonds is 5. The second-order valence-electron chi connectivity index (χ2n) is 5.71. The molecule has 26 heavy (non-hydrogen) atoms. The zero-order valence-corrected chi connectivity index (χ0v) is 13.4. The average molecular weight is 368 g/mol. The van der Waals surface area contributed by atoms with E-state index in [0.717, 1.165) is 12.6 Å². The second-order valence-corrected chi connectivity index (χ2v) is 5.71. The molecule has 7 nitrogen and oxygen atoms in total. The van der Waals surface area contributed by atoms with Crippen LogP contribution in [0.4, 0.5) is 24.7 Å². The Morgan fingerprint density at radius 2 is 2.12 bits per heavy atom. The van der Waals surface area contributed by atoms with Crippen molar-refractivity contribution in [3.63, 3.8) is 0 Å². The van der Waals surface area contributed by atoms with Crippen LogP contribution in [0.2, 0.25) is 0 Å². The number of anilines is 2. The molecule has 1 aliphatic rings. The fourth-order valence-electron chi connectivity index (χ4n) is 2.71. The molecule has 2 aromatic rings. The van der Waals surface area contributed by atoms with Gasteiger partial charge in [-0.2, -0.15) is 0 Å². The van der Waals surface area contributed by atoms with Crippen LogP contribution >= 0.6 is 0 Å². The first-order valence-corrected chi connectivity index (χ1v) is 7.73. The first kappa shape index (κ1) is 17.8. The van der Waals surface area contributed by atoms with E-state index in [1.54, 1.807) is 6.07 Å². The number of carboxylic acid groups (broad SMARTS) is 1. The van der Waals surface area contributed by atoms with Crippen molar-refractivity contribution in [2.45, 2.75) is 18.8 Å². The largest absolute Gasteiger partial charge is 0.573 e. The fourth-order valence-corrected chi connectivity index (χ4v) is 2.71. The molecule has 1 saturated heterocycles. The highest BCUT2D eigenvalue weighted by atomic mass is 19.4. The standard InChI is InChI=1S/C16H15F3N4O3/c17-16(18,19)26-12-3-1-2-11(6-12)23-5-4-10(9-23)22-14-8-20-13(7-21-14)15(24)25/h1-3,6-8,10H,4-5,9H2,(H,21,22)(H,24,25). The van der Waals surface area contributed by atoms with E-state index in [1.165, 1.54) is 24.4 Å². The lowest BCUT2D eigenvalue weighted by Crippen LogP contribution is -2.26. The quantitative estimate of drug-likeness (QED) is 0.839. The van der Waals surface area contributed by atoms with Crippen LogP contribution in [0.25, 0.3) is 0 Å². The first-order chi connectivity index (χ1) is 12.3. The molecule has 1 aliphatic heterocycles. The maximum absolute atomic E-state index is 12.3. The third kappa shape index (κ3) is 4.52. The average Bonchev–Trinajstić information content (AvgIpc) is 3.02. The number of aromatic nitrogens is 2. The van der Waals surface area contributed by atoms with Crippen LogP contribution in [0.1, 0.15) is 16.9 Å². The van der Waals surface area contributed by atoms with Gasteiger partial charge in [-0.1, -0.05) is 6.07 Å². The summed E-state index contributed by atoms with van der Waals surface area (Å²) in [4.78, 5) is 20.5. The van der Waals surface area contributed by atoms with Gasteiger partial charge in [-0.05, 0) is 18.6 Å². The SMILES string of the molecule is O=C(O)c1cnc(NC2CCN(c3cccc(OC(F)(F)F)c3)C2)cn1. The van der Waals surface area contributed by atoms with Crippen LogP contribution in [0.3, 0.4) is 0 Å². The molecule has 2 heterocycles. The summed E-state index contributed by atoms with van der Waals surface area (Å²) in [6, 6.07) is 5.83. The molecule has 0 saturated carbocycles. The number of hydrogen-bond donors (Lipinski definition) is 2. The van der Waals surface area contributed by atoms with Crippen LogP contribution in [0.15, 0.2) is 36.7 Å². The Morgan fingerprint density at radius 3 is 2.77 bits per heavy atom. The Balaban J connectivity index is 1.61. The van der Waals surface area contributed by atoms with Crippen LogP contribution < -0.4 is 15.0 Å². The summed E-state index contributed by atoms with van der Waals surface area (Å²) in [5, 5.41) is 11.9. The van der Waals surface area contributed by atoms with Crippen LogP contribution in [-0.2, 0) is 0 Å². The number of alkyl halides is 3. The van der Waals surface area contributed by atoms with Gasteiger partial charge in [0.25, 0.3) is 0 Å². The molecular formula is C16H15F3N4O3. The van der Waals surface area contributed by atoms with Gasteiger partial charge in [0.1, 0.15) is 11.6 Å². The minimum absolute atomic E-state index is 0.00664. The molecule has 1 atom stereocenters. The van der Waals surface area contributed by atoms with Crippen LogP contribution in [0.5, 0.6) is 5.75 Å². The van der Waals surface area contributed by atoms with Gasteiger partial charge in [0.2, 0.25) is 0 Å². The minimum atomic E-state index is -4.73. The molecule has 0 aliphatic carbocycles. The van der Waals surface area contributed by atoms with E-state index in [2.05, 4.69) is 20.0 Å². The van der Waals surface area contributed by atoms with Crippen molar-refractivity contribution >= 4 is 17.5 Å². The lowest BCUT2D eigenvalue weighted by atomic mass is 10.2. The molecule has 10 heteroatoms. The summed E-state index contributed by atoms with van der Waals surface area (Å²) in [5.41, 5.74) is 0.480. The summed E-state index contributed by atoms with van der Waals surface area (Å²) in [6.07, 6.45) is -1.49. The molecule has 3 rings (SSSR count). The zero-order chi connectivity index (χ0) is 18.7. The summed E-state index contributed by atoms with van der Waals surface area (Å²) < 4.78 is 41.0. The third-order valence-corrected chi connectivity index (χ3v) is 3.83. The van der Waals surface area contributed by atoms with Gasteiger partial charge >= 0.3 is 12.3 Å². The molecule has 138 valence electrons. The highest BCUT2D eigenvalue weighted by molar-refractivity contribution is 5.84. The van der Waals surface area contributed by atoms with Crippen molar-refractivity contribution in [2.24, 2.45) is 0 Å². The number of aromatic carboxylic acids is 1. The molecule has 0 bridgehead atoms. The molecule has 1 aromatic heterocycles. The van der Waals surface area contributed by atoms with E-state index in [4.69, 9.17) is 5.11 Å². The maximum atomic E-state index is 12.3. The molecular weight excluding hydrogens is 353 g/mol. The molecule has 2 N–H and O–H groups in total. The Kier molecular flexibility index (Phi) is 4.83. The van der Waals surface area contributed by atoms with E-state index in [9.17, 15) is 18.0 Å². The smallest absolute Gasteiger partial charge is 0.476 e. The lowest BCUT2D eigenvalue weighted by Gasteiger charge is -2.20. The third-order valence-electron chi connectivity index (χ3n) is 3.83. The monoisotopic (exact) mass is 368 g/mol. The minimum Gasteiger partial charge on any atom is -0.476 e. The number of halogens is 3. The van der Waals surface area contributed by atoms with Crippen molar-refractivity contribution in [2.75, 3.05) is 23.3 Å². The van der Waals surface area contributed by atoms with Gasteiger partial charge in [0, 0.05) is 30.9 Å². The van der Waals surface area contributed by atoms with E-state index in [-0.39, 0.29) is 17.5 Å². The first-order valence-electron chi connectivity index (χ1n) is 7.73. The van der Waals surface area contributed by atoms with Gasteiger partial charge in [-0.15, -0.1) is 13.2 Å². The van der Waals surface area contributed by atoms with E-state index in [0.29, 0.717) is 24.6 Å². The Labute approximate surface area is 146 Å². The number of carbonyl (C=O) groups is 1. The predicted molar refractivity (Wildman–Crippen MR) is 86.4 cm³/mol. The number of ether oxygens (including phenoxy) is 1. The topological polar surface area (TPSA) is 87.6 Å². The highest BCUT2D eigenvalue weighted by Crippen LogP contribution is 2.29. The fraction of sp³-hybridized carbons (Fsp3) is 0.312. The Morgan fingerprint density at radius 1 is 1.31 bits per heavy atom. The van der Waals surface area contributed by atoms with Gasteiger partial charge in [-0.3, -0.25) is 0 Å². The normalized spacial score (nSPS) is 17.2. The molecule has 1 aromatic carbocycles. The summed E-state index contributed by atoms with van der Waals surface area (Å²) in [7, 11) is 0. The zero-order valence-electron chi connectivity index (χ0n) is 13.4. The summed E-state index contributed by atoms with van der Waals surface area (Å²) >= 11 is 0. The molecule has 1 unspecified atom stereocenters. The Bertz CT molecular complexity index is 783. The molecule has 0 spiro atoms. The van der Waals surface area contributed by atoms with E-state index in [1.807, 2.05) is 4.90 Å². The van der Waals surface area contributed by atoms with Crippen molar-refractivity contribution in [1.29, 1.82) is 0 Å². The van der Waals surface area contributed by atoms with E-state index >= 15 is 0 Å². The van der Waals surface area contributed by atoms with Crippen molar-refractivity contribution < 1.29 is 27.8 Å². The maximum Gasteiger partial charge on any atom is 0.573 e. The van der Waals surface area contributed by atoms with Crippen molar-refractivity contribution in [3.05, 3.63) is 42.4 Å². The van der Waals surface area contributed by atoms with Gasteiger partial charge in [0.05, 0.1) is 12.4 Å². The van der Waals surface area contributed by atoms with Crippen molar-refractivity contribution in [1.82, 2.24) is 9.97 Å². The summed E-state index contributed by atoms with van der Waals surface area (Å²) in [5.74, 6) is -0.977.